The Kier molecular flexibility index (Phi) is 27.2. The Morgan fingerprint density at radius 3 is 1.73 bits per heavy atom. The van der Waals surface area contributed by atoms with Gasteiger partial charge in [0.25, 0.3) is 0 Å². The Morgan fingerprint density at radius 2 is 1.16 bits per heavy atom. The number of likely N-dealkylation sites (tertiary alicyclic amines) is 1. The maximum atomic E-state index is 15.6. The predicted octanol–water partition coefficient (Wildman–Crippen LogP) is 1.75. The van der Waals surface area contributed by atoms with Gasteiger partial charge in [-0.25, -0.2) is 0 Å². The van der Waals surface area contributed by atoms with Crippen LogP contribution in [0.2, 0.25) is 0 Å². The Labute approximate surface area is 526 Å². The van der Waals surface area contributed by atoms with Crippen LogP contribution in [0.15, 0.2) is 24.3 Å². The summed E-state index contributed by atoms with van der Waals surface area (Å²) in [6.45, 7) is 5.07. The third kappa shape index (κ3) is 19.6. The molecule has 25 heteroatoms. The normalized spacial score (nSPS) is 26.1. The van der Waals surface area contributed by atoms with E-state index in [1.807, 2.05) is 20.8 Å². The average molecular weight is 1250 g/mol. The van der Waals surface area contributed by atoms with Crippen molar-refractivity contribution in [2.24, 2.45) is 23.7 Å². The minimum atomic E-state index is -1.54. The minimum absolute atomic E-state index is 0.0192. The quantitative estimate of drug-likeness (QED) is 0.302. The van der Waals surface area contributed by atoms with Gasteiger partial charge >= 0.3 is 0 Å². The highest BCUT2D eigenvalue weighted by Gasteiger charge is 2.53. The SMILES string of the molecule is CCC(C)C1NC(=O)C(CC(C)C)N(C)C(=O)CC(C(=O)N2CCCCC2)N(C)C(=O)CN(C)C(=O)C2(CCCC2CC2CCCCC2)NC(=O)C(Cc2ccc(OC)cc2)N(C)C(=O)CNC(=O)CN(C)C(=O)CN(C)C(=O)CN(C)C(=O)CN(C)C1=O. The zero-order valence-electron chi connectivity index (χ0n) is 55.2. The molecule has 5 rings (SSSR count). The fourth-order valence-electron chi connectivity index (χ4n) is 12.6. The molecule has 2 aliphatic heterocycles. The van der Waals surface area contributed by atoms with E-state index in [2.05, 4.69) is 16.0 Å². The maximum Gasteiger partial charge on any atom is 0.248 e. The molecule has 1 spiro atoms. The fourth-order valence-corrected chi connectivity index (χ4v) is 12.6. The number of carbonyl (C=O) groups excluding carboxylic acids is 12. The number of benzene rings is 1. The Balaban J connectivity index is 1.57. The molecule has 89 heavy (non-hydrogen) atoms. The van der Waals surface area contributed by atoms with E-state index in [4.69, 9.17) is 4.74 Å². The summed E-state index contributed by atoms with van der Waals surface area (Å²) in [5, 5.41) is 8.64. The molecule has 25 nitrogen and oxygen atoms in total. The van der Waals surface area contributed by atoms with Gasteiger partial charge in [-0.05, 0) is 86.3 Å². The summed E-state index contributed by atoms with van der Waals surface area (Å²) in [6.07, 6.45) is 9.45. The molecule has 2 saturated carbocycles. The molecule has 0 aromatic heterocycles. The first-order valence-electron chi connectivity index (χ1n) is 31.8. The number of amides is 12. The van der Waals surface area contributed by atoms with Crippen molar-refractivity contribution < 1.29 is 62.3 Å². The van der Waals surface area contributed by atoms with Crippen molar-refractivity contribution in [2.45, 2.75) is 160 Å². The van der Waals surface area contributed by atoms with Crippen LogP contribution in [-0.2, 0) is 64.0 Å². The van der Waals surface area contributed by atoms with Crippen LogP contribution in [0.4, 0.5) is 0 Å². The van der Waals surface area contributed by atoms with Crippen molar-refractivity contribution in [2.75, 3.05) is 116 Å². The highest BCUT2D eigenvalue weighted by molar-refractivity contribution is 5.99. The number of hydrogen-bond acceptors (Lipinski definition) is 13. The molecule has 3 N–H and O–H groups in total. The molecule has 0 radical (unpaired) electrons. The van der Waals surface area contributed by atoms with E-state index in [1.54, 1.807) is 36.1 Å². The van der Waals surface area contributed by atoms with E-state index in [1.165, 1.54) is 83.1 Å². The van der Waals surface area contributed by atoms with Gasteiger partial charge in [0, 0.05) is 75.9 Å². The number of methoxy groups -OCH3 is 1. The molecule has 12 amide bonds. The zero-order valence-corrected chi connectivity index (χ0v) is 55.2. The number of piperidine rings is 1. The van der Waals surface area contributed by atoms with Crippen LogP contribution >= 0.6 is 0 Å². The lowest BCUT2D eigenvalue weighted by Gasteiger charge is -2.41. The molecule has 2 aliphatic carbocycles. The first-order valence-corrected chi connectivity index (χ1v) is 31.8. The van der Waals surface area contributed by atoms with E-state index in [9.17, 15) is 47.9 Å². The molecular weight excluding hydrogens is 1140 g/mol. The number of nitrogens with zero attached hydrogens (tertiary/aromatic N) is 9. The number of carbonyl (C=O) groups is 12. The minimum Gasteiger partial charge on any atom is -0.497 e. The number of likely N-dealkylation sites (N-methyl/N-ethyl adjacent to an activating group) is 8. The number of nitrogens with one attached hydrogen (secondary N) is 3. The van der Waals surface area contributed by atoms with Crippen molar-refractivity contribution in [3.05, 3.63) is 29.8 Å². The van der Waals surface area contributed by atoms with Crippen molar-refractivity contribution in [1.29, 1.82) is 0 Å². The average Bonchev–Trinajstić information content (AvgIpc) is 2.01. The third-order valence-electron chi connectivity index (χ3n) is 18.8. The van der Waals surface area contributed by atoms with Gasteiger partial charge in [-0.2, -0.15) is 0 Å². The van der Waals surface area contributed by atoms with Gasteiger partial charge in [-0.3, -0.25) is 57.5 Å². The van der Waals surface area contributed by atoms with E-state index >= 15 is 9.59 Å². The van der Waals surface area contributed by atoms with Gasteiger partial charge in [-0.15, -0.1) is 0 Å². The van der Waals surface area contributed by atoms with Crippen LogP contribution in [0.5, 0.6) is 5.75 Å². The van der Waals surface area contributed by atoms with Gasteiger partial charge in [-0.1, -0.05) is 84.8 Å². The molecular formula is C64H102N12O13. The second-order valence-corrected chi connectivity index (χ2v) is 25.9. The highest BCUT2D eigenvalue weighted by atomic mass is 16.5. The van der Waals surface area contributed by atoms with Crippen molar-refractivity contribution in [3.8, 4) is 5.75 Å². The largest absolute Gasteiger partial charge is 0.497 e. The summed E-state index contributed by atoms with van der Waals surface area (Å²) in [5.74, 6) is -7.61. The number of hydrogen-bond donors (Lipinski definition) is 3. The van der Waals surface area contributed by atoms with Crippen molar-refractivity contribution >= 4 is 70.9 Å². The first-order chi connectivity index (χ1) is 42.0. The van der Waals surface area contributed by atoms with Crippen LogP contribution in [0.1, 0.15) is 130 Å². The summed E-state index contributed by atoms with van der Waals surface area (Å²) >= 11 is 0. The smallest absolute Gasteiger partial charge is 0.248 e. The number of rotatable bonds is 10. The Morgan fingerprint density at radius 1 is 0.607 bits per heavy atom. The third-order valence-corrected chi connectivity index (χ3v) is 18.8. The summed E-state index contributed by atoms with van der Waals surface area (Å²) in [7, 11) is 12.7. The van der Waals surface area contributed by atoms with Gasteiger partial charge in [0.05, 0.1) is 52.8 Å². The summed E-state index contributed by atoms with van der Waals surface area (Å²) in [5.41, 5.74) is -0.890. The van der Waals surface area contributed by atoms with E-state index in [0.717, 1.165) is 58.1 Å². The van der Waals surface area contributed by atoms with Gasteiger partial charge in [0.1, 0.15) is 35.5 Å². The van der Waals surface area contributed by atoms with Crippen molar-refractivity contribution in [3.63, 3.8) is 0 Å². The first kappa shape index (κ1) is 72.4. The van der Waals surface area contributed by atoms with E-state index in [-0.39, 0.29) is 37.0 Å². The molecule has 2 heterocycles. The molecule has 4 fully saturated rings. The van der Waals surface area contributed by atoms with Crippen LogP contribution in [0, 0.1) is 23.7 Å². The Bertz CT molecular complexity index is 2680. The fraction of sp³-hybridized carbons (Fsp3) is 0.719. The lowest BCUT2D eigenvalue weighted by atomic mass is 9.75. The Hall–Kier alpha value is -7.34. The molecule has 0 bridgehead atoms. The van der Waals surface area contributed by atoms with Crippen molar-refractivity contribution in [1.82, 2.24) is 60.0 Å². The van der Waals surface area contributed by atoms with Gasteiger partial charge < -0.3 is 64.8 Å². The lowest BCUT2D eigenvalue weighted by Crippen LogP contribution is -2.65. The van der Waals surface area contributed by atoms with Crippen LogP contribution in [0.3, 0.4) is 0 Å². The zero-order chi connectivity index (χ0) is 66.0. The molecule has 4 aliphatic rings. The van der Waals surface area contributed by atoms with Crippen LogP contribution < -0.4 is 20.7 Å². The number of ether oxygens (including phenoxy) is 1. The summed E-state index contributed by atoms with van der Waals surface area (Å²) in [4.78, 5) is 183. The molecule has 7 atom stereocenters. The van der Waals surface area contributed by atoms with Gasteiger partial charge in [0.2, 0.25) is 70.9 Å². The maximum absolute atomic E-state index is 15.6. The molecule has 2 saturated heterocycles. The summed E-state index contributed by atoms with van der Waals surface area (Å²) in [6, 6.07) is 2.04. The van der Waals surface area contributed by atoms with E-state index in [0.29, 0.717) is 62.9 Å². The predicted molar refractivity (Wildman–Crippen MR) is 333 cm³/mol. The second kappa shape index (κ2) is 33.5. The van der Waals surface area contributed by atoms with E-state index < -0.39 is 152 Å². The van der Waals surface area contributed by atoms with Crippen LogP contribution in [-0.4, -0.2) is 261 Å². The lowest BCUT2D eigenvalue weighted by molar-refractivity contribution is -0.152. The summed E-state index contributed by atoms with van der Waals surface area (Å²) < 4.78 is 5.39. The molecule has 496 valence electrons. The molecule has 7 unspecified atom stereocenters. The second-order valence-electron chi connectivity index (χ2n) is 25.9. The molecule has 1 aromatic carbocycles. The topological polar surface area (TPSA) is 279 Å². The molecule has 1 aromatic rings. The highest BCUT2D eigenvalue weighted by Crippen LogP contribution is 2.44. The van der Waals surface area contributed by atoms with Crippen LogP contribution in [0.25, 0.3) is 0 Å². The monoisotopic (exact) mass is 1250 g/mol. The van der Waals surface area contributed by atoms with Gasteiger partial charge in [0.15, 0.2) is 0 Å². The standard InChI is InChI=1S/C64H102N12O13/c1-14-43(4)58-62(87)71(8)40-56(82)70(7)39-55(81)69(6)38-54(80)68(5)37-51(77)65-36-53(79)74(11)49(34-45-25-27-47(89-13)28-26-45)60(85)67-64(29-21-24-46(64)33-44-22-17-15-18-23-44)63(88)72(9)41-57(83)75(12)50(61(86)76-30-19-16-20-31-76)35-52(78)73(10)48(32-42(2)3)59(84)66-58/h25-28,42-44,46,48-50,58H,14-24,29-41H2,1-13H3,(H,65,77)(H,66,84)(H,67,85).